The average molecular weight is 212 g/mol. The smallest absolute Gasteiger partial charge is 0.188 e. The molecule has 0 amide bonds. The largest absolute Gasteiger partial charge is 0.320 e. The Balaban J connectivity index is 3.04. The molecule has 1 unspecified atom stereocenters. The van der Waals surface area contributed by atoms with Gasteiger partial charge in [-0.15, -0.1) is 6.58 Å². The number of hydrogen-bond acceptors (Lipinski definition) is 1. The fraction of sp³-hybridized carbons (Fsp3) is 0.357. The van der Waals surface area contributed by atoms with Crippen LogP contribution >= 0.6 is 0 Å². The third-order valence-electron chi connectivity index (χ3n) is 2.92. The topological polar surface area (TPSA) is 23.9 Å². The first-order valence-electron chi connectivity index (χ1n) is 5.66. The summed E-state index contributed by atoms with van der Waals surface area (Å²) in [6.45, 7) is 10.1. The summed E-state index contributed by atoms with van der Waals surface area (Å²) in [5, 5.41) is 7.56. The van der Waals surface area contributed by atoms with E-state index in [0.717, 1.165) is 6.42 Å². The summed E-state index contributed by atoms with van der Waals surface area (Å²) in [6.07, 6.45) is 2.67. The highest BCUT2D eigenvalue weighted by atomic mass is 14.4. The van der Waals surface area contributed by atoms with Gasteiger partial charge in [-0.3, -0.25) is 0 Å². The van der Waals surface area contributed by atoms with E-state index >= 15 is 0 Å². The van der Waals surface area contributed by atoms with Crippen LogP contribution in [0.2, 0.25) is 0 Å². The second-order valence-electron chi connectivity index (χ2n) is 4.38. The van der Waals surface area contributed by atoms with Crippen molar-refractivity contribution in [3.05, 3.63) is 48.0 Å². The van der Waals surface area contributed by atoms with Crippen LogP contribution in [0.3, 0.4) is 0 Å². The van der Waals surface area contributed by atoms with Gasteiger partial charge in [0.25, 0.3) is 0 Å². The molecule has 16 heavy (non-hydrogen) atoms. The van der Waals surface area contributed by atoms with Crippen molar-refractivity contribution < 1.29 is 0 Å². The first kappa shape index (κ1) is 12.8. The molecule has 0 heterocycles. The molecule has 1 aromatic carbocycles. The molecule has 1 rings (SSSR count). The predicted octanol–water partition coefficient (Wildman–Crippen LogP) is 3.49. The molecule has 0 saturated carbocycles. The van der Waals surface area contributed by atoms with E-state index in [4.69, 9.17) is 5.41 Å². The summed E-state index contributed by atoms with van der Waals surface area (Å²) in [4.78, 5) is 0. The van der Waals surface area contributed by atoms with E-state index in [0.29, 0.717) is 5.61 Å². The minimum Gasteiger partial charge on any atom is -0.320 e. The van der Waals surface area contributed by atoms with Crippen molar-refractivity contribution in [2.24, 2.45) is 0 Å². The van der Waals surface area contributed by atoms with Crippen LogP contribution in [-0.4, -0.2) is 12.9 Å². The Bertz CT molecular complexity index is 397. The zero-order chi connectivity index (χ0) is 12.2. The summed E-state index contributed by atoms with van der Waals surface area (Å²) >= 11 is 0. The molecule has 1 aromatic rings. The van der Waals surface area contributed by atoms with Gasteiger partial charge in [0.2, 0.25) is 0 Å². The Morgan fingerprint density at radius 1 is 1.56 bits per heavy atom. The molecule has 83 valence electrons. The molecule has 0 aliphatic rings. The van der Waals surface area contributed by atoms with Crippen molar-refractivity contribution in [3.63, 3.8) is 0 Å². The van der Waals surface area contributed by atoms with E-state index in [2.05, 4.69) is 44.7 Å². The summed E-state index contributed by atoms with van der Waals surface area (Å²) in [5.74, 6) is 0. The molecular weight excluding hydrogens is 193 g/mol. The second kappa shape index (κ2) is 5.15. The Kier molecular flexibility index (Phi) is 4.11. The van der Waals surface area contributed by atoms with Crippen LogP contribution in [0.1, 0.15) is 31.4 Å². The van der Waals surface area contributed by atoms with Gasteiger partial charge in [-0.2, -0.15) is 0 Å². The minimum absolute atomic E-state index is 0.237. The standard InChI is InChI=1S/C14H19BN/c1-5-13(16)15-14(4,6-2)12-9-7-8-11(3)10-12/h6-10,16H,2,5H2,1,3-4H3. The van der Waals surface area contributed by atoms with Crippen molar-refractivity contribution in [2.75, 3.05) is 0 Å². The summed E-state index contributed by atoms with van der Waals surface area (Å²) in [6, 6.07) is 8.38. The van der Waals surface area contributed by atoms with Crippen molar-refractivity contribution in [1.82, 2.24) is 0 Å². The molecule has 0 saturated heterocycles. The van der Waals surface area contributed by atoms with Crippen LogP contribution in [0.25, 0.3) is 0 Å². The van der Waals surface area contributed by atoms with Gasteiger partial charge in [-0.25, -0.2) is 0 Å². The van der Waals surface area contributed by atoms with Gasteiger partial charge in [0, 0.05) is 0 Å². The van der Waals surface area contributed by atoms with Crippen LogP contribution in [0.4, 0.5) is 0 Å². The number of aryl methyl sites for hydroxylation is 1. The Hall–Kier alpha value is -1.31. The number of allylic oxidation sites excluding steroid dienone is 1. The molecule has 0 spiro atoms. The molecule has 0 aliphatic carbocycles. The van der Waals surface area contributed by atoms with Crippen LogP contribution in [-0.2, 0) is 5.31 Å². The maximum Gasteiger partial charge on any atom is 0.188 e. The second-order valence-corrected chi connectivity index (χ2v) is 4.38. The maximum atomic E-state index is 7.80. The van der Waals surface area contributed by atoms with E-state index < -0.39 is 0 Å². The first-order valence-corrected chi connectivity index (χ1v) is 5.66. The van der Waals surface area contributed by atoms with Gasteiger partial charge in [0.05, 0.1) is 0 Å². The van der Waals surface area contributed by atoms with E-state index in [9.17, 15) is 0 Å². The predicted molar refractivity (Wildman–Crippen MR) is 72.5 cm³/mol. The summed E-state index contributed by atoms with van der Waals surface area (Å²) in [5.41, 5.74) is 3.09. The molecule has 0 bridgehead atoms. The highest BCUT2D eigenvalue weighted by Gasteiger charge is 2.25. The van der Waals surface area contributed by atoms with Crippen LogP contribution in [0, 0.1) is 12.3 Å². The van der Waals surface area contributed by atoms with Crippen molar-refractivity contribution in [3.8, 4) is 0 Å². The van der Waals surface area contributed by atoms with Crippen molar-refractivity contribution in [1.29, 1.82) is 5.41 Å². The molecule has 2 heteroatoms. The SMILES string of the molecule is C=CC(C)([B]C(=N)CC)c1cccc(C)c1. The lowest BCUT2D eigenvalue weighted by Gasteiger charge is -2.26. The summed E-state index contributed by atoms with van der Waals surface area (Å²) < 4.78 is 0. The van der Waals surface area contributed by atoms with Gasteiger partial charge in [-0.05, 0) is 29.8 Å². The third kappa shape index (κ3) is 2.85. The van der Waals surface area contributed by atoms with Crippen LogP contribution in [0.15, 0.2) is 36.9 Å². The molecule has 1 radical (unpaired) electrons. The number of rotatable bonds is 5. The first-order chi connectivity index (χ1) is 7.51. The number of nitrogens with one attached hydrogen (secondary N) is 1. The quantitative estimate of drug-likeness (QED) is 0.439. The normalized spacial score (nSPS) is 13.9. The molecule has 0 aromatic heterocycles. The van der Waals surface area contributed by atoms with E-state index in [1.54, 1.807) is 0 Å². The van der Waals surface area contributed by atoms with Gasteiger partial charge < -0.3 is 5.41 Å². The lowest BCUT2D eigenvalue weighted by molar-refractivity contribution is 0.853. The van der Waals surface area contributed by atoms with Gasteiger partial charge in [-0.1, -0.05) is 49.8 Å². The highest BCUT2D eigenvalue weighted by molar-refractivity contribution is 6.77. The van der Waals surface area contributed by atoms with E-state index in [1.165, 1.54) is 11.1 Å². The van der Waals surface area contributed by atoms with Gasteiger partial charge in [0.1, 0.15) is 0 Å². The van der Waals surface area contributed by atoms with Gasteiger partial charge in [0.15, 0.2) is 7.28 Å². The fourth-order valence-electron chi connectivity index (χ4n) is 1.70. The Morgan fingerprint density at radius 2 is 2.25 bits per heavy atom. The number of hydrogen-bond donors (Lipinski definition) is 1. The Morgan fingerprint density at radius 3 is 2.75 bits per heavy atom. The molecule has 1 N–H and O–H groups in total. The maximum absolute atomic E-state index is 7.80. The molecular formula is C14H19BN. The third-order valence-corrected chi connectivity index (χ3v) is 2.92. The molecule has 1 atom stereocenters. The fourth-order valence-corrected chi connectivity index (χ4v) is 1.70. The van der Waals surface area contributed by atoms with Crippen LogP contribution < -0.4 is 0 Å². The average Bonchev–Trinajstić information content (AvgIpc) is 2.28. The monoisotopic (exact) mass is 212 g/mol. The zero-order valence-electron chi connectivity index (χ0n) is 10.4. The van der Waals surface area contributed by atoms with Crippen molar-refractivity contribution >= 4 is 12.9 Å². The summed E-state index contributed by atoms with van der Waals surface area (Å²) in [7, 11) is 1.98. The highest BCUT2D eigenvalue weighted by Crippen LogP contribution is 2.25. The molecule has 0 fully saturated rings. The van der Waals surface area contributed by atoms with Gasteiger partial charge >= 0.3 is 0 Å². The minimum atomic E-state index is -0.237. The Labute approximate surface area is 99.3 Å². The lowest BCUT2D eigenvalue weighted by atomic mass is 9.47. The van der Waals surface area contributed by atoms with E-state index in [-0.39, 0.29) is 5.31 Å². The van der Waals surface area contributed by atoms with Crippen LogP contribution in [0.5, 0.6) is 0 Å². The zero-order valence-corrected chi connectivity index (χ0v) is 10.4. The molecule has 1 nitrogen and oxygen atoms in total. The molecule has 0 aliphatic heterocycles. The number of benzene rings is 1. The lowest BCUT2D eigenvalue weighted by Crippen LogP contribution is -2.32. The van der Waals surface area contributed by atoms with E-state index in [1.807, 2.05) is 20.3 Å². The van der Waals surface area contributed by atoms with Crippen molar-refractivity contribution in [2.45, 2.75) is 32.5 Å².